The van der Waals surface area contributed by atoms with Gasteiger partial charge >= 0.3 is 0 Å². The third-order valence-corrected chi connectivity index (χ3v) is 3.35. The molecule has 1 heteroatoms. The Balaban J connectivity index is 2.94. The Bertz CT molecular complexity index is 281. The second kappa shape index (κ2) is 5.32. The molecule has 0 heterocycles. The van der Waals surface area contributed by atoms with E-state index in [1.54, 1.807) is 0 Å². The molecule has 0 saturated heterocycles. The topological polar surface area (TPSA) is 20.2 Å². The van der Waals surface area contributed by atoms with E-state index in [0.717, 1.165) is 24.8 Å². The van der Waals surface area contributed by atoms with Crippen LogP contribution in [-0.4, -0.2) is 5.11 Å². The van der Waals surface area contributed by atoms with Gasteiger partial charge in [0.1, 0.15) is 0 Å². The molecule has 0 spiro atoms. The summed E-state index contributed by atoms with van der Waals surface area (Å²) in [6.45, 7) is 6.36. The fourth-order valence-corrected chi connectivity index (χ4v) is 2.24. The van der Waals surface area contributed by atoms with Crippen LogP contribution in [0.3, 0.4) is 0 Å². The number of aliphatic hydroxyl groups is 1. The summed E-state index contributed by atoms with van der Waals surface area (Å²) in [5.41, 5.74) is 0.394. The third-order valence-electron chi connectivity index (χ3n) is 3.35. The van der Waals surface area contributed by atoms with Crippen molar-refractivity contribution < 1.29 is 5.11 Å². The van der Waals surface area contributed by atoms with Gasteiger partial charge in [0, 0.05) is 0 Å². The van der Waals surface area contributed by atoms with Crippen LogP contribution in [0, 0.1) is 5.92 Å². The maximum atomic E-state index is 10.7. The maximum absolute atomic E-state index is 10.7. The largest absolute Gasteiger partial charge is 0.385 e. The fourth-order valence-electron chi connectivity index (χ4n) is 2.24. The summed E-state index contributed by atoms with van der Waals surface area (Å²) in [6.07, 6.45) is 2.97. The molecule has 1 aromatic carbocycles. The Kier molecular flexibility index (Phi) is 4.34. The number of rotatable bonds is 5. The summed E-state index contributed by atoms with van der Waals surface area (Å²) in [5, 5.41) is 10.7. The van der Waals surface area contributed by atoms with Crippen molar-refractivity contribution in [2.24, 2.45) is 5.92 Å². The maximum Gasteiger partial charge on any atom is 0.0919 e. The first kappa shape index (κ1) is 12.3. The highest BCUT2D eigenvalue weighted by molar-refractivity contribution is 5.22. The molecular formula is C14H22O. The first-order chi connectivity index (χ1) is 7.15. The first-order valence-electron chi connectivity index (χ1n) is 5.93. The lowest BCUT2D eigenvalue weighted by Crippen LogP contribution is -2.32. The van der Waals surface area contributed by atoms with E-state index >= 15 is 0 Å². The fraction of sp³-hybridized carbons (Fsp3) is 0.571. The highest BCUT2D eigenvalue weighted by Gasteiger charge is 2.32. The van der Waals surface area contributed by atoms with Gasteiger partial charge < -0.3 is 5.11 Å². The van der Waals surface area contributed by atoms with Crippen LogP contribution in [0.4, 0.5) is 0 Å². The SMILES string of the molecule is CCCC(C)C(O)(CC)c1ccccc1. The van der Waals surface area contributed by atoms with Gasteiger partial charge in [-0.25, -0.2) is 0 Å². The average molecular weight is 206 g/mol. The summed E-state index contributed by atoms with van der Waals surface area (Å²) in [6, 6.07) is 10.0. The molecule has 0 radical (unpaired) electrons. The minimum Gasteiger partial charge on any atom is -0.385 e. The smallest absolute Gasteiger partial charge is 0.0919 e. The van der Waals surface area contributed by atoms with E-state index in [1.807, 2.05) is 30.3 Å². The second-order valence-electron chi connectivity index (χ2n) is 4.33. The van der Waals surface area contributed by atoms with Gasteiger partial charge in [0.05, 0.1) is 5.60 Å². The van der Waals surface area contributed by atoms with Gasteiger partial charge in [-0.05, 0) is 24.3 Å². The lowest BCUT2D eigenvalue weighted by atomic mass is 9.78. The van der Waals surface area contributed by atoms with Crippen molar-refractivity contribution in [1.82, 2.24) is 0 Å². The van der Waals surface area contributed by atoms with E-state index in [4.69, 9.17) is 0 Å². The highest BCUT2D eigenvalue weighted by Crippen LogP contribution is 2.35. The van der Waals surface area contributed by atoms with Crippen LogP contribution in [0.25, 0.3) is 0 Å². The van der Waals surface area contributed by atoms with E-state index in [9.17, 15) is 5.11 Å². The minimum atomic E-state index is -0.655. The molecule has 0 saturated carbocycles. The molecule has 1 aromatic rings. The molecule has 0 bridgehead atoms. The molecule has 0 aliphatic rings. The van der Waals surface area contributed by atoms with Gasteiger partial charge in [0.15, 0.2) is 0 Å². The highest BCUT2D eigenvalue weighted by atomic mass is 16.3. The van der Waals surface area contributed by atoms with Gasteiger partial charge in [-0.1, -0.05) is 57.5 Å². The van der Waals surface area contributed by atoms with Crippen LogP contribution in [0.15, 0.2) is 30.3 Å². The number of benzene rings is 1. The van der Waals surface area contributed by atoms with Crippen LogP contribution in [0.5, 0.6) is 0 Å². The van der Waals surface area contributed by atoms with Crippen molar-refractivity contribution >= 4 is 0 Å². The van der Waals surface area contributed by atoms with Crippen molar-refractivity contribution in [2.75, 3.05) is 0 Å². The third kappa shape index (κ3) is 2.60. The summed E-state index contributed by atoms with van der Waals surface area (Å²) >= 11 is 0. The van der Waals surface area contributed by atoms with E-state index in [-0.39, 0.29) is 0 Å². The summed E-state index contributed by atoms with van der Waals surface area (Å²) < 4.78 is 0. The van der Waals surface area contributed by atoms with Crippen LogP contribution < -0.4 is 0 Å². The van der Waals surface area contributed by atoms with Crippen molar-refractivity contribution in [3.8, 4) is 0 Å². The zero-order valence-corrected chi connectivity index (χ0v) is 10.0. The molecule has 0 fully saturated rings. The van der Waals surface area contributed by atoms with Crippen molar-refractivity contribution in [1.29, 1.82) is 0 Å². The van der Waals surface area contributed by atoms with Crippen LogP contribution in [-0.2, 0) is 5.60 Å². The van der Waals surface area contributed by atoms with Crippen LogP contribution in [0.1, 0.15) is 45.6 Å². The zero-order valence-electron chi connectivity index (χ0n) is 10.0. The normalized spacial score (nSPS) is 17.1. The Morgan fingerprint density at radius 1 is 1.20 bits per heavy atom. The molecule has 1 N–H and O–H groups in total. The molecule has 1 nitrogen and oxygen atoms in total. The molecule has 0 amide bonds. The van der Waals surface area contributed by atoms with Crippen molar-refractivity contribution in [3.63, 3.8) is 0 Å². The molecule has 15 heavy (non-hydrogen) atoms. The van der Waals surface area contributed by atoms with Crippen molar-refractivity contribution in [2.45, 2.75) is 45.6 Å². The van der Waals surface area contributed by atoms with Gasteiger partial charge in [0.2, 0.25) is 0 Å². The molecule has 1 rings (SSSR count). The quantitative estimate of drug-likeness (QED) is 0.778. The predicted octanol–water partition coefficient (Wildman–Crippen LogP) is 3.72. The summed E-state index contributed by atoms with van der Waals surface area (Å²) in [7, 11) is 0. The Morgan fingerprint density at radius 2 is 1.80 bits per heavy atom. The molecule has 0 aliphatic carbocycles. The van der Waals surface area contributed by atoms with E-state index in [1.165, 1.54) is 0 Å². The van der Waals surface area contributed by atoms with Gasteiger partial charge in [0.25, 0.3) is 0 Å². The lowest BCUT2D eigenvalue weighted by molar-refractivity contribution is -0.0244. The molecular weight excluding hydrogens is 184 g/mol. The standard InChI is InChI=1S/C14H22O/c1-4-9-12(3)14(15,5-2)13-10-7-6-8-11-13/h6-8,10-12,15H,4-5,9H2,1-3H3. The molecule has 0 aromatic heterocycles. The van der Waals surface area contributed by atoms with Gasteiger partial charge in [-0.15, -0.1) is 0 Å². The lowest BCUT2D eigenvalue weighted by Gasteiger charge is -2.33. The molecule has 2 unspecified atom stereocenters. The molecule has 84 valence electrons. The van der Waals surface area contributed by atoms with E-state index in [0.29, 0.717) is 5.92 Å². The predicted molar refractivity (Wildman–Crippen MR) is 64.7 cm³/mol. The second-order valence-corrected chi connectivity index (χ2v) is 4.33. The number of hydrogen-bond donors (Lipinski definition) is 1. The zero-order chi connectivity index (χ0) is 11.3. The molecule has 0 aliphatic heterocycles. The van der Waals surface area contributed by atoms with Crippen molar-refractivity contribution in [3.05, 3.63) is 35.9 Å². The Hall–Kier alpha value is -0.820. The van der Waals surface area contributed by atoms with Gasteiger partial charge in [-0.2, -0.15) is 0 Å². The average Bonchev–Trinajstić information content (AvgIpc) is 2.29. The monoisotopic (exact) mass is 206 g/mol. The number of hydrogen-bond acceptors (Lipinski definition) is 1. The van der Waals surface area contributed by atoms with E-state index < -0.39 is 5.60 Å². The van der Waals surface area contributed by atoms with Crippen LogP contribution in [0.2, 0.25) is 0 Å². The first-order valence-corrected chi connectivity index (χ1v) is 5.93. The van der Waals surface area contributed by atoms with E-state index in [2.05, 4.69) is 20.8 Å². The minimum absolute atomic E-state index is 0.315. The van der Waals surface area contributed by atoms with Crippen LogP contribution >= 0.6 is 0 Å². The van der Waals surface area contributed by atoms with Gasteiger partial charge in [-0.3, -0.25) is 0 Å². The Labute approximate surface area is 93.1 Å². The summed E-state index contributed by atoms with van der Waals surface area (Å²) in [5.74, 6) is 0.315. The molecule has 2 atom stereocenters. The Morgan fingerprint density at radius 3 is 2.27 bits per heavy atom. The summed E-state index contributed by atoms with van der Waals surface area (Å²) in [4.78, 5) is 0.